The molecule has 2 aromatic carbocycles. The molecule has 3 N–H and O–H groups in total. The fraction of sp³-hybridized carbons (Fsp3) is 0.469. The van der Waals surface area contributed by atoms with Gasteiger partial charge >= 0.3 is 0 Å². The Bertz CT molecular complexity index is 1200. The second-order valence-electron chi connectivity index (χ2n) is 10.7. The molecule has 8 heteroatoms. The first-order chi connectivity index (χ1) is 19.5. The number of anilines is 1. The summed E-state index contributed by atoms with van der Waals surface area (Å²) in [7, 11) is 0. The fourth-order valence-corrected chi connectivity index (χ4v) is 5.48. The summed E-state index contributed by atoms with van der Waals surface area (Å²) in [6, 6.07) is 15.8. The van der Waals surface area contributed by atoms with Crippen LogP contribution in [-0.4, -0.2) is 64.7 Å². The number of aliphatic hydroxyl groups excluding tert-OH is 2. The van der Waals surface area contributed by atoms with Crippen molar-refractivity contribution >= 4 is 35.6 Å². The van der Waals surface area contributed by atoms with E-state index >= 15 is 0 Å². The molecule has 0 spiro atoms. The highest BCUT2D eigenvalue weighted by atomic mass is 16.3. The molecule has 3 amide bonds. The Morgan fingerprint density at radius 2 is 1.50 bits per heavy atom. The molecule has 8 nitrogen and oxygen atoms in total. The highest BCUT2D eigenvalue weighted by Crippen LogP contribution is 2.29. The van der Waals surface area contributed by atoms with E-state index in [0.29, 0.717) is 64.6 Å². The summed E-state index contributed by atoms with van der Waals surface area (Å²) in [6.07, 6.45) is 8.78. The number of rotatable bonds is 12. The van der Waals surface area contributed by atoms with E-state index < -0.39 is 6.10 Å². The van der Waals surface area contributed by atoms with Crippen LogP contribution >= 0.6 is 0 Å². The van der Waals surface area contributed by atoms with Crippen LogP contribution in [-0.2, 0) is 20.9 Å². The van der Waals surface area contributed by atoms with Crippen LogP contribution < -0.4 is 10.2 Å². The third kappa shape index (κ3) is 8.02. The maximum absolute atomic E-state index is 13.3. The molecular weight excluding hydrogens is 506 g/mol. The Labute approximate surface area is 236 Å². The number of unbranched alkanes of at least 4 members (excludes halogenated alkanes) is 3. The van der Waals surface area contributed by atoms with Crippen molar-refractivity contribution in [2.45, 2.75) is 76.5 Å². The number of fused-ring (bicyclic) bond motifs is 2. The van der Waals surface area contributed by atoms with Gasteiger partial charge in [-0.3, -0.25) is 14.4 Å². The maximum atomic E-state index is 13.3. The quantitative estimate of drug-likeness (QED) is 0.349. The number of aliphatic hydroxyl groups is 2. The predicted octanol–water partition coefficient (Wildman–Crippen LogP) is 3.89. The van der Waals surface area contributed by atoms with Gasteiger partial charge in [0.2, 0.25) is 17.7 Å². The average molecular weight is 548 g/mol. The van der Waals surface area contributed by atoms with Crippen LogP contribution in [0.3, 0.4) is 0 Å². The van der Waals surface area contributed by atoms with Crippen LogP contribution in [0.4, 0.5) is 5.69 Å². The van der Waals surface area contributed by atoms with Crippen LogP contribution in [0, 0.1) is 0 Å². The second kappa shape index (κ2) is 14.8. The van der Waals surface area contributed by atoms with Crippen molar-refractivity contribution in [3.8, 4) is 0 Å². The second-order valence-corrected chi connectivity index (χ2v) is 10.7. The van der Waals surface area contributed by atoms with Gasteiger partial charge in [0.15, 0.2) is 0 Å². The number of β-amino-alcohol motifs (C(OH)–C–C–N with tert-alkyl or cyclic N) is 1. The van der Waals surface area contributed by atoms with Crippen LogP contribution in [0.5, 0.6) is 0 Å². The lowest BCUT2D eigenvalue weighted by atomic mass is 10.0. The van der Waals surface area contributed by atoms with E-state index in [1.165, 1.54) is 0 Å². The average Bonchev–Trinajstić information content (AvgIpc) is 3.34. The molecule has 4 rings (SSSR count). The molecule has 2 aliphatic rings. The largest absolute Gasteiger partial charge is 0.394 e. The molecular formula is C32H41N3O5. The number of likely N-dealkylation sites (tertiary alicyclic amines) is 1. The topological polar surface area (TPSA) is 110 Å². The number of benzene rings is 2. The van der Waals surface area contributed by atoms with Crippen molar-refractivity contribution in [1.82, 2.24) is 10.2 Å². The van der Waals surface area contributed by atoms with Gasteiger partial charge in [0.1, 0.15) is 0 Å². The zero-order chi connectivity index (χ0) is 28.3. The van der Waals surface area contributed by atoms with Crippen molar-refractivity contribution in [2.75, 3.05) is 24.6 Å². The molecule has 0 aliphatic carbocycles. The Kier molecular flexibility index (Phi) is 10.9. The smallest absolute Gasteiger partial charge is 0.227 e. The van der Waals surface area contributed by atoms with Gasteiger partial charge in [-0.1, -0.05) is 61.0 Å². The van der Waals surface area contributed by atoms with Gasteiger partial charge in [-0.15, -0.1) is 0 Å². The first-order valence-electron chi connectivity index (χ1n) is 14.5. The van der Waals surface area contributed by atoms with E-state index in [2.05, 4.69) is 29.6 Å². The summed E-state index contributed by atoms with van der Waals surface area (Å²) < 4.78 is 0. The summed E-state index contributed by atoms with van der Waals surface area (Å²) in [5.41, 5.74) is 4.14. The molecule has 0 radical (unpaired) electrons. The molecule has 0 bridgehead atoms. The minimum absolute atomic E-state index is 0.0176. The highest BCUT2D eigenvalue weighted by molar-refractivity contribution is 5.97. The van der Waals surface area contributed by atoms with Gasteiger partial charge in [-0.25, -0.2) is 0 Å². The van der Waals surface area contributed by atoms with Crippen molar-refractivity contribution in [1.29, 1.82) is 0 Å². The molecule has 0 aromatic heterocycles. The van der Waals surface area contributed by atoms with E-state index in [0.717, 1.165) is 35.2 Å². The minimum Gasteiger partial charge on any atom is -0.394 e. The van der Waals surface area contributed by atoms with Crippen LogP contribution in [0.2, 0.25) is 0 Å². The van der Waals surface area contributed by atoms with Gasteiger partial charge in [-0.2, -0.15) is 0 Å². The number of carbonyl (C=O) groups is 3. The Hall–Kier alpha value is -3.49. The molecule has 1 unspecified atom stereocenters. The lowest BCUT2D eigenvalue weighted by molar-refractivity contribution is -0.133. The molecule has 0 saturated carbocycles. The van der Waals surface area contributed by atoms with E-state index in [9.17, 15) is 24.6 Å². The summed E-state index contributed by atoms with van der Waals surface area (Å²) in [6.45, 7) is 1.25. The van der Waals surface area contributed by atoms with Crippen LogP contribution in [0.15, 0.2) is 48.5 Å². The van der Waals surface area contributed by atoms with Gasteiger partial charge in [0.25, 0.3) is 0 Å². The van der Waals surface area contributed by atoms with E-state index in [-0.39, 0.29) is 30.4 Å². The normalized spacial score (nSPS) is 18.9. The van der Waals surface area contributed by atoms with Crippen molar-refractivity contribution in [3.63, 3.8) is 0 Å². The number of hydrogen-bond donors (Lipinski definition) is 3. The molecule has 2 atom stereocenters. The molecule has 40 heavy (non-hydrogen) atoms. The SMILES string of the molecule is O=C(CCCCC(=O)N1Cc2ccccc2/C=C\c2ccccc21)NCCCCCC(=O)N1CC(O)C[C@H]1CO. The van der Waals surface area contributed by atoms with Crippen LogP contribution in [0.1, 0.15) is 74.5 Å². The summed E-state index contributed by atoms with van der Waals surface area (Å²) in [5.74, 6) is 0.00590. The van der Waals surface area contributed by atoms with E-state index in [1.54, 1.807) is 4.90 Å². The van der Waals surface area contributed by atoms with Crippen molar-refractivity contribution < 1.29 is 24.6 Å². The van der Waals surface area contributed by atoms with Gasteiger partial charge in [-0.05, 0) is 54.9 Å². The lowest BCUT2D eigenvalue weighted by Gasteiger charge is -2.27. The molecule has 1 fully saturated rings. The number of carbonyl (C=O) groups excluding carboxylic acids is 3. The Morgan fingerprint density at radius 1 is 0.825 bits per heavy atom. The summed E-state index contributed by atoms with van der Waals surface area (Å²) in [4.78, 5) is 41.3. The Morgan fingerprint density at radius 3 is 2.33 bits per heavy atom. The molecule has 2 aromatic rings. The van der Waals surface area contributed by atoms with Crippen molar-refractivity contribution in [3.05, 3.63) is 65.2 Å². The molecule has 2 aliphatic heterocycles. The van der Waals surface area contributed by atoms with Crippen molar-refractivity contribution in [2.24, 2.45) is 0 Å². The van der Waals surface area contributed by atoms with E-state index in [4.69, 9.17) is 0 Å². The zero-order valence-electron chi connectivity index (χ0n) is 23.1. The zero-order valence-corrected chi connectivity index (χ0v) is 23.1. The molecule has 214 valence electrons. The van der Waals surface area contributed by atoms with Gasteiger partial charge < -0.3 is 25.3 Å². The van der Waals surface area contributed by atoms with Gasteiger partial charge in [0.05, 0.1) is 31.0 Å². The third-order valence-corrected chi connectivity index (χ3v) is 7.71. The highest BCUT2D eigenvalue weighted by Gasteiger charge is 2.33. The number of para-hydroxylation sites is 1. The Balaban J connectivity index is 1.13. The standard InChI is InChI=1S/C32H41N3O5/c36-23-27-20-28(37)22-34(27)31(39)15-2-1-9-19-33-30(38)14-7-8-16-32(40)35-21-26-12-4-3-10-24(26)17-18-25-11-5-6-13-29(25)35/h3-6,10-13,17-18,27-28,36-37H,1-2,7-9,14-16,19-23H2,(H,33,38)/b18-17-/t27-,28?/m0/s1. The predicted molar refractivity (Wildman–Crippen MR) is 156 cm³/mol. The monoisotopic (exact) mass is 547 g/mol. The lowest BCUT2D eigenvalue weighted by Crippen LogP contribution is -2.37. The molecule has 2 heterocycles. The number of nitrogens with zero attached hydrogens (tertiary/aromatic N) is 2. The number of hydrogen-bond acceptors (Lipinski definition) is 5. The number of amides is 3. The fourth-order valence-electron chi connectivity index (χ4n) is 5.48. The summed E-state index contributed by atoms with van der Waals surface area (Å²) >= 11 is 0. The third-order valence-electron chi connectivity index (χ3n) is 7.71. The molecule has 1 saturated heterocycles. The maximum Gasteiger partial charge on any atom is 0.227 e. The minimum atomic E-state index is -0.556. The summed E-state index contributed by atoms with van der Waals surface area (Å²) in [5, 5.41) is 22.0. The first kappa shape index (κ1) is 29.5. The van der Waals surface area contributed by atoms with Crippen LogP contribution in [0.25, 0.3) is 12.2 Å². The number of nitrogens with one attached hydrogen (secondary N) is 1. The van der Waals surface area contributed by atoms with Gasteiger partial charge in [0, 0.05) is 32.4 Å². The first-order valence-corrected chi connectivity index (χ1v) is 14.5. The van der Waals surface area contributed by atoms with E-state index in [1.807, 2.05) is 41.3 Å².